The Kier molecular flexibility index (Phi) is 5.14. The monoisotopic (exact) mass is 335 g/mol. The lowest BCUT2D eigenvalue weighted by atomic mass is 10.3. The van der Waals surface area contributed by atoms with E-state index in [1.54, 1.807) is 0 Å². The Bertz CT molecular complexity index is 884. The first-order valence-corrected chi connectivity index (χ1v) is 8.16. The molecule has 0 atom stereocenters. The lowest BCUT2D eigenvalue weighted by molar-refractivity contribution is -0.123. The molecule has 0 spiro atoms. The molecule has 0 fully saturated rings. The van der Waals surface area contributed by atoms with E-state index in [1.165, 1.54) is 0 Å². The molecule has 0 unspecified atom stereocenters. The molecule has 5 heteroatoms. The number of aromatic nitrogens is 2. The zero-order chi connectivity index (χ0) is 17.6. The molecule has 3 rings (SSSR count). The van der Waals surface area contributed by atoms with Crippen molar-refractivity contribution < 1.29 is 9.53 Å². The Morgan fingerprint density at radius 1 is 1.16 bits per heavy atom. The molecule has 0 aliphatic carbocycles. The van der Waals surface area contributed by atoms with Crippen LogP contribution in [-0.2, 0) is 17.9 Å². The zero-order valence-corrected chi connectivity index (χ0v) is 14.2. The van der Waals surface area contributed by atoms with Crippen LogP contribution in [0.15, 0.2) is 66.7 Å². The molecule has 0 aliphatic heterocycles. The minimum Gasteiger partial charge on any atom is -0.484 e. The summed E-state index contributed by atoms with van der Waals surface area (Å²) in [4.78, 5) is 16.7. The Labute approximate surface area is 146 Å². The highest BCUT2D eigenvalue weighted by atomic mass is 16.5. The fourth-order valence-electron chi connectivity index (χ4n) is 2.60. The van der Waals surface area contributed by atoms with E-state index in [2.05, 4.69) is 21.4 Å². The zero-order valence-electron chi connectivity index (χ0n) is 14.2. The van der Waals surface area contributed by atoms with Crippen molar-refractivity contribution in [3.8, 4) is 5.75 Å². The van der Waals surface area contributed by atoms with Gasteiger partial charge in [0.2, 0.25) is 0 Å². The number of hydrogen-bond acceptors (Lipinski definition) is 3. The van der Waals surface area contributed by atoms with Crippen molar-refractivity contribution in [3.63, 3.8) is 0 Å². The highest BCUT2D eigenvalue weighted by Gasteiger charge is 2.11. The van der Waals surface area contributed by atoms with Gasteiger partial charge in [-0.15, -0.1) is 0 Å². The maximum Gasteiger partial charge on any atom is 0.258 e. The predicted molar refractivity (Wildman–Crippen MR) is 98.3 cm³/mol. The first kappa shape index (κ1) is 16.8. The van der Waals surface area contributed by atoms with Gasteiger partial charge in [0.1, 0.15) is 11.6 Å². The molecule has 128 valence electrons. The van der Waals surface area contributed by atoms with Crippen molar-refractivity contribution in [1.29, 1.82) is 0 Å². The van der Waals surface area contributed by atoms with Gasteiger partial charge in [-0.25, -0.2) is 4.98 Å². The van der Waals surface area contributed by atoms with Gasteiger partial charge >= 0.3 is 0 Å². The van der Waals surface area contributed by atoms with E-state index in [1.807, 2.05) is 61.5 Å². The van der Waals surface area contributed by atoms with Crippen LogP contribution >= 0.6 is 0 Å². The Morgan fingerprint density at radius 3 is 2.64 bits per heavy atom. The number of amides is 1. The molecule has 0 radical (unpaired) electrons. The number of nitrogens with one attached hydrogen (secondary N) is 1. The van der Waals surface area contributed by atoms with E-state index in [-0.39, 0.29) is 12.5 Å². The Hall–Kier alpha value is -3.08. The third-order valence-corrected chi connectivity index (χ3v) is 3.72. The fraction of sp³-hybridized carbons (Fsp3) is 0.200. The van der Waals surface area contributed by atoms with Crippen molar-refractivity contribution in [2.24, 2.45) is 0 Å². The normalized spacial score (nSPS) is 10.6. The number of nitrogens with zero attached hydrogens (tertiary/aromatic N) is 2. The van der Waals surface area contributed by atoms with Gasteiger partial charge in [0, 0.05) is 6.54 Å². The summed E-state index contributed by atoms with van der Waals surface area (Å²) in [5.74, 6) is 1.29. The van der Waals surface area contributed by atoms with Gasteiger partial charge in [-0.3, -0.25) is 4.79 Å². The van der Waals surface area contributed by atoms with Gasteiger partial charge in [-0.2, -0.15) is 0 Å². The van der Waals surface area contributed by atoms with Crippen molar-refractivity contribution >= 4 is 16.9 Å². The van der Waals surface area contributed by atoms with Gasteiger partial charge in [0.15, 0.2) is 6.61 Å². The fourth-order valence-corrected chi connectivity index (χ4v) is 2.60. The van der Waals surface area contributed by atoms with Gasteiger partial charge in [-0.1, -0.05) is 42.5 Å². The molecule has 0 bridgehead atoms. The second-order valence-electron chi connectivity index (χ2n) is 5.94. The molecule has 1 heterocycles. The number of benzene rings is 2. The molecular formula is C20H21N3O2. The van der Waals surface area contributed by atoms with Crippen LogP contribution in [0.1, 0.15) is 12.7 Å². The van der Waals surface area contributed by atoms with E-state index >= 15 is 0 Å². The second kappa shape index (κ2) is 7.66. The summed E-state index contributed by atoms with van der Waals surface area (Å²) in [6.07, 6.45) is 0. The largest absolute Gasteiger partial charge is 0.484 e. The highest BCUT2D eigenvalue weighted by Crippen LogP contribution is 2.17. The van der Waals surface area contributed by atoms with Crippen LogP contribution in [0.4, 0.5) is 0 Å². The second-order valence-corrected chi connectivity index (χ2v) is 5.94. The summed E-state index contributed by atoms with van der Waals surface area (Å²) < 4.78 is 7.54. The standard InChI is InChI=1S/C20H21N3O2/c1-15(2)13-23-18-11-7-6-10-17(18)22-19(23)12-21-20(24)14-25-16-8-4-3-5-9-16/h3-11H,1,12-14H2,2H3,(H,21,24). The maximum absolute atomic E-state index is 12.0. The molecule has 0 aliphatic rings. The molecule has 2 aromatic carbocycles. The number of hydrogen-bond donors (Lipinski definition) is 1. The average Bonchev–Trinajstić information content (AvgIpc) is 2.96. The smallest absolute Gasteiger partial charge is 0.258 e. The van der Waals surface area contributed by atoms with E-state index < -0.39 is 0 Å². The first-order chi connectivity index (χ1) is 12.1. The summed E-state index contributed by atoms with van der Waals surface area (Å²) in [7, 11) is 0. The van der Waals surface area contributed by atoms with E-state index in [9.17, 15) is 4.79 Å². The Morgan fingerprint density at radius 2 is 1.88 bits per heavy atom. The molecule has 0 saturated carbocycles. The van der Waals surface area contributed by atoms with Crippen LogP contribution in [-0.4, -0.2) is 22.1 Å². The molecule has 1 amide bonds. The SMILES string of the molecule is C=C(C)Cn1c(CNC(=O)COc2ccccc2)nc2ccccc21. The van der Waals surface area contributed by atoms with Gasteiger partial charge < -0.3 is 14.6 Å². The summed E-state index contributed by atoms with van der Waals surface area (Å²) >= 11 is 0. The minimum atomic E-state index is -0.183. The molecule has 0 saturated heterocycles. The Balaban J connectivity index is 1.66. The number of rotatable bonds is 7. The predicted octanol–water partition coefficient (Wildman–Crippen LogP) is 3.31. The van der Waals surface area contributed by atoms with E-state index in [4.69, 9.17) is 4.74 Å². The minimum absolute atomic E-state index is 0.0231. The molecule has 5 nitrogen and oxygen atoms in total. The lowest BCUT2D eigenvalue weighted by Crippen LogP contribution is -2.29. The highest BCUT2D eigenvalue weighted by molar-refractivity contribution is 5.78. The summed E-state index contributed by atoms with van der Waals surface area (Å²) in [5.41, 5.74) is 2.98. The van der Waals surface area contributed by atoms with Crippen LogP contribution in [0.5, 0.6) is 5.75 Å². The van der Waals surface area contributed by atoms with Gasteiger partial charge in [0.25, 0.3) is 5.91 Å². The van der Waals surface area contributed by atoms with Crippen molar-refractivity contribution in [2.75, 3.05) is 6.61 Å². The number of imidazole rings is 1. The molecule has 1 N–H and O–H groups in total. The number of allylic oxidation sites excluding steroid dienone is 1. The van der Waals surface area contributed by atoms with E-state index in [0.717, 1.165) is 22.4 Å². The third kappa shape index (κ3) is 4.26. The number of carbonyl (C=O) groups is 1. The molecule has 3 aromatic rings. The van der Waals surface area contributed by atoms with E-state index in [0.29, 0.717) is 18.8 Å². The quantitative estimate of drug-likeness (QED) is 0.674. The van der Waals surface area contributed by atoms with Gasteiger partial charge in [0.05, 0.1) is 17.6 Å². The average molecular weight is 335 g/mol. The van der Waals surface area contributed by atoms with Crippen LogP contribution in [0.2, 0.25) is 0 Å². The van der Waals surface area contributed by atoms with Crippen molar-refractivity contribution in [3.05, 3.63) is 72.6 Å². The number of fused-ring (bicyclic) bond motifs is 1. The number of ether oxygens (including phenoxy) is 1. The van der Waals surface area contributed by atoms with Crippen molar-refractivity contribution in [1.82, 2.24) is 14.9 Å². The van der Waals surface area contributed by atoms with Crippen molar-refractivity contribution in [2.45, 2.75) is 20.0 Å². The molecule has 1 aromatic heterocycles. The first-order valence-electron chi connectivity index (χ1n) is 8.16. The summed E-state index contributed by atoms with van der Waals surface area (Å²) in [5, 5.41) is 2.87. The lowest BCUT2D eigenvalue weighted by Gasteiger charge is -2.10. The van der Waals surface area contributed by atoms with Crippen LogP contribution < -0.4 is 10.1 Å². The maximum atomic E-state index is 12.0. The summed E-state index contributed by atoms with van der Waals surface area (Å²) in [6.45, 7) is 6.95. The third-order valence-electron chi connectivity index (χ3n) is 3.72. The number of carbonyl (C=O) groups excluding carboxylic acids is 1. The summed E-state index contributed by atoms with van der Waals surface area (Å²) in [6, 6.07) is 17.2. The van der Waals surface area contributed by atoms with Gasteiger partial charge in [-0.05, 0) is 31.2 Å². The molecule has 25 heavy (non-hydrogen) atoms. The van der Waals surface area contributed by atoms with Crippen LogP contribution in [0.3, 0.4) is 0 Å². The van der Waals surface area contributed by atoms with Crippen LogP contribution in [0.25, 0.3) is 11.0 Å². The topological polar surface area (TPSA) is 56.2 Å². The number of para-hydroxylation sites is 3. The molecular weight excluding hydrogens is 314 g/mol. The van der Waals surface area contributed by atoms with Crippen LogP contribution in [0, 0.1) is 0 Å².